The molecule has 0 radical (unpaired) electrons. The van der Waals surface area contributed by atoms with Crippen molar-refractivity contribution >= 4 is 76.2 Å². The average molecular weight is 637 g/mol. The van der Waals surface area contributed by atoms with Gasteiger partial charge in [-0.1, -0.05) is 127 Å². The molecule has 0 N–H and O–H groups in total. The van der Waals surface area contributed by atoms with E-state index in [9.17, 15) is 0 Å². The number of para-hydroxylation sites is 2. The van der Waals surface area contributed by atoms with Crippen molar-refractivity contribution in [2.75, 3.05) is 0 Å². The van der Waals surface area contributed by atoms with E-state index in [-0.39, 0.29) is 0 Å². The topological polar surface area (TPSA) is 26.3 Å². The molecule has 0 saturated heterocycles. The third kappa shape index (κ3) is 3.96. The monoisotopic (exact) mass is 636 g/mol. The predicted octanol–water partition coefficient (Wildman–Crippen LogP) is 13.9. The maximum absolute atomic E-state index is 6.26. The van der Waals surface area contributed by atoms with Gasteiger partial charge in [-0.05, 0) is 108 Å². The van der Waals surface area contributed by atoms with E-state index in [0.717, 1.165) is 43.9 Å². The highest BCUT2D eigenvalue weighted by atomic mass is 16.3. The fourth-order valence-electron chi connectivity index (χ4n) is 8.21. The number of rotatable bonds is 3. The van der Waals surface area contributed by atoms with Gasteiger partial charge in [-0.2, -0.15) is 0 Å². The van der Waals surface area contributed by atoms with Crippen LogP contribution in [0.3, 0.4) is 0 Å². The van der Waals surface area contributed by atoms with Gasteiger partial charge < -0.3 is 8.83 Å². The molecule has 11 rings (SSSR count). The van der Waals surface area contributed by atoms with Crippen LogP contribution in [0.2, 0.25) is 0 Å². The summed E-state index contributed by atoms with van der Waals surface area (Å²) in [6.45, 7) is 0. The number of hydrogen-bond acceptors (Lipinski definition) is 2. The van der Waals surface area contributed by atoms with Gasteiger partial charge in [0, 0.05) is 21.5 Å². The number of hydrogen-bond donors (Lipinski definition) is 0. The summed E-state index contributed by atoms with van der Waals surface area (Å²) < 4.78 is 12.5. The fourth-order valence-corrected chi connectivity index (χ4v) is 8.21. The Labute approximate surface area is 287 Å². The summed E-state index contributed by atoms with van der Waals surface area (Å²) in [5.74, 6) is 0. The molecule has 2 heterocycles. The largest absolute Gasteiger partial charge is 0.456 e. The van der Waals surface area contributed by atoms with Crippen molar-refractivity contribution in [3.63, 3.8) is 0 Å². The number of benzene rings is 9. The van der Waals surface area contributed by atoms with Crippen LogP contribution in [-0.4, -0.2) is 0 Å². The third-order valence-electron chi connectivity index (χ3n) is 10.5. The van der Waals surface area contributed by atoms with Gasteiger partial charge in [0.2, 0.25) is 0 Å². The van der Waals surface area contributed by atoms with Crippen molar-refractivity contribution in [3.8, 4) is 33.4 Å². The first-order valence-corrected chi connectivity index (χ1v) is 17.1. The van der Waals surface area contributed by atoms with E-state index in [0.29, 0.717) is 0 Å². The molecule has 50 heavy (non-hydrogen) atoms. The molecule has 2 nitrogen and oxygen atoms in total. The number of furan rings is 2. The van der Waals surface area contributed by atoms with Gasteiger partial charge in [0.1, 0.15) is 22.3 Å². The maximum Gasteiger partial charge on any atom is 0.135 e. The Balaban J connectivity index is 1.27. The highest BCUT2D eigenvalue weighted by Crippen LogP contribution is 2.47. The minimum absolute atomic E-state index is 0.900. The lowest BCUT2D eigenvalue weighted by Crippen LogP contribution is -1.92. The van der Waals surface area contributed by atoms with Gasteiger partial charge in [-0.3, -0.25) is 0 Å². The second kappa shape index (κ2) is 10.4. The van der Waals surface area contributed by atoms with Crippen molar-refractivity contribution in [1.82, 2.24) is 0 Å². The van der Waals surface area contributed by atoms with E-state index in [4.69, 9.17) is 8.83 Å². The van der Waals surface area contributed by atoms with Crippen LogP contribution in [-0.2, 0) is 0 Å². The highest BCUT2D eigenvalue weighted by Gasteiger charge is 2.20. The van der Waals surface area contributed by atoms with Crippen LogP contribution >= 0.6 is 0 Å². The Hall–Kier alpha value is -6.64. The molecule has 232 valence electrons. The number of fused-ring (bicyclic) bond motifs is 9. The van der Waals surface area contributed by atoms with Crippen LogP contribution in [0.1, 0.15) is 0 Å². The minimum Gasteiger partial charge on any atom is -0.456 e. The summed E-state index contributed by atoms with van der Waals surface area (Å²) in [6.07, 6.45) is 0. The first-order chi connectivity index (χ1) is 24.8. The lowest BCUT2D eigenvalue weighted by atomic mass is 9.84. The molecule has 11 aromatic rings. The van der Waals surface area contributed by atoms with Crippen LogP contribution in [0.25, 0.3) is 110 Å². The highest BCUT2D eigenvalue weighted by molar-refractivity contribution is 6.23. The van der Waals surface area contributed by atoms with Crippen molar-refractivity contribution in [2.45, 2.75) is 0 Å². The zero-order valence-corrected chi connectivity index (χ0v) is 27.0. The Bertz CT molecular complexity index is 3150. The van der Waals surface area contributed by atoms with E-state index >= 15 is 0 Å². The molecule has 0 unspecified atom stereocenters. The fraction of sp³-hybridized carbons (Fsp3) is 0. The van der Waals surface area contributed by atoms with E-state index in [1.54, 1.807) is 0 Å². The van der Waals surface area contributed by atoms with Crippen LogP contribution in [0.5, 0.6) is 0 Å². The summed E-state index contributed by atoms with van der Waals surface area (Å²) in [6, 6.07) is 61.1. The van der Waals surface area contributed by atoms with E-state index in [1.165, 1.54) is 65.7 Å². The van der Waals surface area contributed by atoms with Gasteiger partial charge in [-0.25, -0.2) is 0 Å². The molecular formula is C48H28O2. The molecule has 2 aromatic heterocycles. The molecule has 0 aliphatic heterocycles. The van der Waals surface area contributed by atoms with Gasteiger partial charge in [0.15, 0.2) is 0 Å². The van der Waals surface area contributed by atoms with E-state index in [2.05, 4.69) is 146 Å². The molecule has 0 fully saturated rings. The van der Waals surface area contributed by atoms with E-state index in [1.807, 2.05) is 24.3 Å². The molecule has 2 heteroatoms. The molecule has 0 aliphatic rings. The first-order valence-electron chi connectivity index (χ1n) is 17.1. The third-order valence-corrected chi connectivity index (χ3v) is 10.5. The second-order valence-electron chi connectivity index (χ2n) is 13.2. The molecule has 0 bridgehead atoms. The van der Waals surface area contributed by atoms with Crippen molar-refractivity contribution in [2.24, 2.45) is 0 Å². The summed E-state index contributed by atoms with van der Waals surface area (Å²) in [7, 11) is 0. The van der Waals surface area contributed by atoms with Crippen LogP contribution in [0.4, 0.5) is 0 Å². The molecule has 0 amide bonds. The molecule has 0 aliphatic carbocycles. The Morgan fingerprint density at radius 1 is 0.260 bits per heavy atom. The van der Waals surface area contributed by atoms with Crippen LogP contribution in [0, 0.1) is 0 Å². The zero-order chi connectivity index (χ0) is 32.8. The van der Waals surface area contributed by atoms with Gasteiger partial charge in [0.25, 0.3) is 0 Å². The molecule has 0 atom stereocenters. The molecule has 0 spiro atoms. The summed E-state index contributed by atoms with van der Waals surface area (Å²) in [4.78, 5) is 0. The Morgan fingerprint density at radius 3 is 1.34 bits per heavy atom. The lowest BCUT2D eigenvalue weighted by Gasteiger charge is -2.19. The Morgan fingerprint density at radius 2 is 0.700 bits per heavy atom. The zero-order valence-electron chi connectivity index (χ0n) is 27.0. The smallest absolute Gasteiger partial charge is 0.135 e. The van der Waals surface area contributed by atoms with E-state index < -0.39 is 0 Å². The van der Waals surface area contributed by atoms with Crippen molar-refractivity contribution in [3.05, 3.63) is 170 Å². The van der Waals surface area contributed by atoms with Gasteiger partial charge in [0.05, 0.1) is 0 Å². The minimum atomic E-state index is 0.900. The molecule has 0 saturated carbocycles. The van der Waals surface area contributed by atoms with Gasteiger partial charge in [-0.15, -0.1) is 0 Å². The predicted molar refractivity (Wildman–Crippen MR) is 210 cm³/mol. The maximum atomic E-state index is 6.26. The first kappa shape index (κ1) is 27.3. The lowest BCUT2D eigenvalue weighted by molar-refractivity contribution is 0.668. The average Bonchev–Trinajstić information content (AvgIpc) is 3.74. The van der Waals surface area contributed by atoms with Crippen molar-refractivity contribution in [1.29, 1.82) is 0 Å². The Kier molecular flexibility index (Phi) is 5.70. The SMILES string of the molecule is c1ccc2c(-c3ccc4c(-c5ccc6oc7ccccc7c6c5)c5ccccc5c(-c5ccc6oc7ccccc7c6c5)c4c3)cccc2c1. The standard InChI is InChI=1S/C48H28O2/c1-2-12-33-29(10-1)11-9-17-34(33)30-20-23-39-42(26-30)48(32-22-25-46-41(28-32)36-14-6-8-19-44(36)50-46)38-16-4-3-15-37(38)47(39)31-21-24-45-40(27-31)35-13-5-7-18-43(35)49-45/h1-28H. The summed E-state index contributed by atoms with van der Waals surface area (Å²) >= 11 is 0. The van der Waals surface area contributed by atoms with Crippen molar-refractivity contribution < 1.29 is 8.83 Å². The quantitative estimate of drug-likeness (QED) is 0.180. The van der Waals surface area contributed by atoms with Gasteiger partial charge >= 0.3 is 0 Å². The summed E-state index contributed by atoms with van der Waals surface area (Å²) in [5, 5.41) is 11.9. The molecular weight excluding hydrogens is 609 g/mol. The van der Waals surface area contributed by atoms with Crippen LogP contribution in [0.15, 0.2) is 179 Å². The summed E-state index contributed by atoms with van der Waals surface area (Å²) in [5.41, 5.74) is 10.8. The molecule has 9 aromatic carbocycles. The second-order valence-corrected chi connectivity index (χ2v) is 13.2. The normalized spacial score (nSPS) is 12.0. The van der Waals surface area contributed by atoms with Crippen LogP contribution < -0.4 is 0 Å².